The van der Waals surface area contributed by atoms with Gasteiger partial charge in [0.25, 0.3) is 0 Å². The molecule has 1 aromatic carbocycles. The van der Waals surface area contributed by atoms with Crippen LogP contribution in [0, 0.1) is 0 Å². The molecule has 0 unspecified atom stereocenters. The van der Waals surface area contributed by atoms with Gasteiger partial charge in [0.15, 0.2) is 0 Å². The Labute approximate surface area is 118 Å². The molecule has 0 saturated heterocycles. The number of nitrogens with one attached hydrogen (secondary N) is 1. The maximum atomic E-state index is 11.5. The molecular formula is C16H21NO3. The predicted molar refractivity (Wildman–Crippen MR) is 79.0 cm³/mol. The van der Waals surface area contributed by atoms with Gasteiger partial charge in [-0.1, -0.05) is 31.5 Å². The summed E-state index contributed by atoms with van der Waals surface area (Å²) in [4.78, 5) is 11.5. The standard InChI is InChI=1S/C16H21NO3/c1-4-9-16(2,3)17-10-13-14(15(18)19)11-7-5-6-8-12(11)20-13/h5-8,17H,4,9-10H2,1-3H3,(H,18,19). The summed E-state index contributed by atoms with van der Waals surface area (Å²) in [5, 5.41) is 13.4. The molecule has 1 heterocycles. The highest BCUT2D eigenvalue weighted by atomic mass is 16.4. The molecule has 0 amide bonds. The van der Waals surface area contributed by atoms with Crippen molar-refractivity contribution >= 4 is 16.9 Å². The molecule has 0 spiro atoms. The lowest BCUT2D eigenvalue weighted by Gasteiger charge is -2.25. The van der Waals surface area contributed by atoms with E-state index < -0.39 is 5.97 Å². The molecule has 0 aliphatic rings. The maximum absolute atomic E-state index is 11.5. The van der Waals surface area contributed by atoms with Crippen molar-refractivity contribution in [3.05, 3.63) is 35.6 Å². The zero-order valence-electron chi connectivity index (χ0n) is 12.2. The third-order valence-corrected chi connectivity index (χ3v) is 3.48. The normalized spacial score (nSPS) is 11.9. The molecule has 2 aromatic rings. The topological polar surface area (TPSA) is 62.5 Å². The van der Waals surface area contributed by atoms with Crippen LogP contribution in [0.5, 0.6) is 0 Å². The first-order chi connectivity index (χ1) is 9.44. The molecule has 108 valence electrons. The van der Waals surface area contributed by atoms with Crippen LogP contribution in [0.1, 0.15) is 49.7 Å². The Morgan fingerprint density at radius 1 is 1.35 bits per heavy atom. The summed E-state index contributed by atoms with van der Waals surface area (Å²) >= 11 is 0. The van der Waals surface area contributed by atoms with Gasteiger partial charge in [0.2, 0.25) is 0 Å². The fourth-order valence-corrected chi connectivity index (χ4v) is 2.49. The number of benzene rings is 1. The SMILES string of the molecule is CCCC(C)(C)NCc1oc2ccccc2c1C(=O)O. The molecule has 2 rings (SSSR count). The van der Waals surface area contributed by atoms with Gasteiger partial charge < -0.3 is 14.8 Å². The maximum Gasteiger partial charge on any atom is 0.339 e. The van der Waals surface area contributed by atoms with Crippen molar-refractivity contribution in [1.29, 1.82) is 0 Å². The van der Waals surface area contributed by atoms with Crippen molar-refractivity contribution in [3.63, 3.8) is 0 Å². The van der Waals surface area contributed by atoms with Crippen LogP contribution < -0.4 is 5.32 Å². The Hall–Kier alpha value is -1.81. The van der Waals surface area contributed by atoms with Crippen molar-refractivity contribution < 1.29 is 14.3 Å². The molecule has 0 fully saturated rings. The van der Waals surface area contributed by atoms with Crippen LogP contribution in [0.3, 0.4) is 0 Å². The van der Waals surface area contributed by atoms with Gasteiger partial charge in [0, 0.05) is 10.9 Å². The number of carboxylic acids is 1. The van der Waals surface area contributed by atoms with Crippen LogP contribution in [-0.2, 0) is 6.54 Å². The molecule has 0 radical (unpaired) electrons. The van der Waals surface area contributed by atoms with Crippen molar-refractivity contribution in [3.8, 4) is 0 Å². The summed E-state index contributed by atoms with van der Waals surface area (Å²) in [5.74, 6) is -0.456. The molecule has 4 nitrogen and oxygen atoms in total. The number of hydrogen-bond acceptors (Lipinski definition) is 3. The smallest absolute Gasteiger partial charge is 0.339 e. The van der Waals surface area contributed by atoms with Gasteiger partial charge in [-0.15, -0.1) is 0 Å². The minimum atomic E-state index is -0.944. The molecule has 2 N–H and O–H groups in total. The fraction of sp³-hybridized carbons (Fsp3) is 0.438. The van der Waals surface area contributed by atoms with Crippen molar-refractivity contribution in [2.45, 2.75) is 45.7 Å². The first-order valence-electron chi connectivity index (χ1n) is 6.93. The Morgan fingerprint density at radius 2 is 2.05 bits per heavy atom. The van der Waals surface area contributed by atoms with Crippen LogP contribution in [-0.4, -0.2) is 16.6 Å². The molecule has 1 aromatic heterocycles. The number of furan rings is 1. The number of carbonyl (C=O) groups is 1. The third-order valence-electron chi connectivity index (χ3n) is 3.48. The molecule has 20 heavy (non-hydrogen) atoms. The summed E-state index contributed by atoms with van der Waals surface area (Å²) in [7, 11) is 0. The van der Waals surface area contributed by atoms with Gasteiger partial charge in [0.05, 0.1) is 6.54 Å². The van der Waals surface area contributed by atoms with Crippen molar-refractivity contribution in [2.75, 3.05) is 0 Å². The Kier molecular flexibility index (Phi) is 4.14. The molecule has 0 saturated carbocycles. The van der Waals surface area contributed by atoms with E-state index >= 15 is 0 Å². The number of aromatic carboxylic acids is 1. The van der Waals surface area contributed by atoms with Crippen LogP contribution in [0.25, 0.3) is 11.0 Å². The highest BCUT2D eigenvalue weighted by Gasteiger charge is 2.22. The number of para-hydroxylation sites is 1. The van der Waals surface area contributed by atoms with E-state index in [9.17, 15) is 9.90 Å². The van der Waals surface area contributed by atoms with Crippen LogP contribution in [0.4, 0.5) is 0 Å². The zero-order chi connectivity index (χ0) is 14.8. The molecule has 0 bridgehead atoms. The lowest BCUT2D eigenvalue weighted by molar-refractivity contribution is 0.0695. The number of carboxylic acid groups (broad SMARTS) is 1. The lowest BCUT2D eigenvalue weighted by Crippen LogP contribution is -2.38. The second-order valence-electron chi connectivity index (χ2n) is 5.69. The van der Waals surface area contributed by atoms with E-state index in [1.165, 1.54) is 0 Å². The predicted octanol–water partition coefficient (Wildman–Crippen LogP) is 3.80. The average molecular weight is 275 g/mol. The molecule has 0 atom stereocenters. The number of fused-ring (bicyclic) bond motifs is 1. The van der Waals surface area contributed by atoms with E-state index in [2.05, 4.69) is 26.1 Å². The molecule has 4 heteroatoms. The number of hydrogen-bond donors (Lipinski definition) is 2. The minimum absolute atomic E-state index is 0.0382. The summed E-state index contributed by atoms with van der Waals surface area (Å²) in [5.41, 5.74) is 0.846. The van der Waals surface area contributed by atoms with Gasteiger partial charge in [-0.2, -0.15) is 0 Å². The minimum Gasteiger partial charge on any atom is -0.478 e. The van der Waals surface area contributed by atoms with Crippen LogP contribution in [0.15, 0.2) is 28.7 Å². The Balaban J connectivity index is 2.30. The lowest BCUT2D eigenvalue weighted by atomic mass is 9.99. The Morgan fingerprint density at radius 3 is 2.70 bits per heavy atom. The van der Waals surface area contributed by atoms with E-state index in [1.807, 2.05) is 12.1 Å². The molecular weight excluding hydrogens is 254 g/mol. The first-order valence-corrected chi connectivity index (χ1v) is 6.93. The quantitative estimate of drug-likeness (QED) is 0.841. The van der Waals surface area contributed by atoms with E-state index in [1.54, 1.807) is 12.1 Å². The van der Waals surface area contributed by atoms with Gasteiger partial charge in [-0.05, 0) is 26.3 Å². The second-order valence-corrected chi connectivity index (χ2v) is 5.69. The monoisotopic (exact) mass is 275 g/mol. The molecule has 0 aliphatic carbocycles. The zero-order valence-corrected chi connectivity index (χ0v) is 12.2. The third kappa shape index (κ3) is 3.02. The van der Waals surface area contributed by atoms with E-state index in [0.29, 0.717) is 23.3 Å². The summed E-state index contributed by atoms with van der Waals surface area (Å²) in [6.45, 7) is 6.77. The largest absolute Gasteiger partial charge is 0.478 e. The van der Waals surface area contributed by atoms with Gasteiger partial charge in [0.1, 0.15) is 16.9 Å². The van der Waals surface area contributed by atoms with Gasteiger partial charge in [-0.25, -0.2) is 4.79 Å². The van der Waals surface area contributed by atoms with Crippen molar-refractivity contribution in [1.82, 2.24) is 5.32 Å². The van der Waals surface area contributed by atoms with Crippen LogP contribution >= 0.6 is 0 Å². The van der Waals surface area contributed by atoms with Crippen molar-refractivity contribution in [2.24, 2.45) is 0 Å². The molecule has 0 aliphatic heterocycles. The number of rotatable bonds is 6. The summed E-state index contributed by atoms with van der Waals surface area (Å²) in [6, 6.07) is 7.24. The Bertz CT molecular complexity index is 613. The average Bonchev–Trinajstić information content (AvgIpc) is 2.74. The van der Waals surface area contributed by atoms with E-state index in [4.69, 9.17) is 4.42 Å². The van der Waals surface area contributed by atoms with Gasteiger partial charge in [-0.3, -0.25) is 0 Å². The van der Waals surface area contributed by atoms with Crippen LogP contribution in [0.2, 0.25) is 0 Å². The highest BCUT2D eigenvalue weighted by Crippen LogP contribution is 2.26. The first kappa shape index (κ1) is 14.6. The van der Waals surface area contributed by atoms with E-state index in [-0.39, 0.29) is 11.1 Å². The summed E-state index contributed by atoms with van der Waals surface area (Å²) in [6.07, 6.45) is 2.10. The second kappa shape index (κ2) is 5.67. The van der Waals surface area contributed by atoms with Gasteiger partial charge >= 0.3 is 5.97 Å². The fourth-order valence-electron chi connectivity index (χ4n) is 2.49. The summed E-state index contributed by atoms with van der Waals surface area (Å²) < 4.78 is 5.69. The highest BCUT2D eigenvalue weighted by molar-refractivity contribution is 6.03. The van der Waals surface area contributed by atoms with E-state index in [0.717, 1.165) is 12.8 Å².